The summed E-state index contributed by atoms with van der Waals surface area (Å²) in [5, 5.41) is 11.6. The zero-order valence-electron chi connectivity index (χ0n) is 9.08. The van der Waals surface area contributed by atoms with E-state index in [1.807, 2.05) is 0 Å². The van der Waals surface area contributed by atoms with Crippen molar-refractivity contribution < 1.29 is 4.42 Å². The fourth-order valence-corrected chi connectivity index (χ4v) is 2.21. The molecule has 1 aromatic carbocycles. The Labute approximate surface area is 118 Å². The number of rotatable bonds is 4. The standard InChI is InChI=1S/C10H9Cl3N4O/c11-5-3-6(12)9(7(13)4-5)15-10-17-16-8(18-10)1-2-14/h3-4H,1-2,14H2,(H,15,17). The van der Waals surface area contributed by atoms with Crippen LogP contribution in [-0.2, 0) is 6.42 Å². The Kier molecular flexibility index (Phi) is 4.29. The molecule has 8 heteroatoms. The lowest BCUT2D eigenvalue weighted by Gasteiger charge is -2.06. The Morgan fingerprint density at radius 2 is 1.83 bits per heavy atom. The molecule has 0 atom stereocenters. The minimum Gasteiger partial charge on any atom is -0.408 e. The molecule has 0 spiro atoms. The van der Waals surface area contributed by atoms with Crippen molar-refractivity contribution in [2.45, 2.75) is 6.42 Å². The van der Waals surface area contributed by atoms with E-state index in [4.69, 9.17) is 45.0 Å². The summed E-state index contributed by atoms with van der Waals surface area (Å²) >= 11 is 17.8. The fourth-order valence-electron chi connectivity index (χ4n) is 1.30. The number of nitrogens with two attached hydrogens (primary N) is 1. The van der Waals surface area contributed by atoms with Gasteiger partial charge in [0.2, 0.25) is 5.89 Å². The third-order valence-electron chi connectivity index (χ3n) is 2.06. The summed E-state index contributed by atoms with van der Waals surface area (Å²) in [6.45, 7) is 0.435. The van der Waals surface area contributed by atoms with E-state index in [2.05, 4.69) is 15.5 Å². The van der Waals surface area contributed by atoms with E-state index in [1.165, 1.54) is 0 Å². The van der Waals surface area contributed by atoms with Crippen molar-refractivity contribution in [1.29, 1.82) is 0 Å². The molecule has 0 unspecified atom stereocenters. The van der Waals surface area contributed by atoms with E-state index in [9.17, 15) is 0 Å². The lowest BCUT2D eigenvalue weighted by atomic mass is 10.3. The first kappa shape index (κ1) is 13.4. The summed E-state index contributed by atoms with van der Waals surface area (Å²) in [7, 11) is 0. The average molecular weight is 308 g/mol. The Morgan fingerprint density at radius 3 is 2.44 bits per heavy atom. The summed E-state index contributed by atoms with van der Waals surface area (Å²) in [6.07, 6.45) is 0.511. The number of hydrogen-bond donors (Lipinski definition) is 2. The van der Waals surface area contributed by atoms with Crippen LogP contribution in [-0.4, -0.2) is 16.7 Å². The number of benzene rings is 1. The van der Waals surface area contributed by atoms with E-state index in [-0.39, 0.29) is 6.01 Å². The van der Waals surface area contributed by atoms with Crippen LogP contribution in [0, 0.1) is 0 Å². The van der Waals surface area contributed by atoms with Gasteiger partial charge in [0.1, 0.15) is 0 Å². The molecule has 96 valence electrons. The fraction of sp³-hybridized carbons (Fsp3) is 0.200. The second-order valence-corrected chi connectivity index (χ2v) is 4.66. The largest absolute Gasteiger partial charge is 0.408 e. The number of nitrogens with zero attached hydrogens (tertiary/aromatic N) is 2. The van der Waals surface area contributed by atoms with Crippen LogP contribution < -0.4 is 11.1 Å². The molecule has 1 heterocycles. The van der Waals surface area contributed by atoms with Crippen molar-refractivity contribution >= 4 is 46.5 Å². The third kappa shape index (κ3) is 3.05. The second-order valence-electron chi connectivity index (χ2n) is 3.41. The third-order valence-corrected chi connectivity index (χ3v) is 2.88. The smallest absolute Gasteiger partial charge is 0.320 e. The first-order chi connectivity index (χ1) is 8.60. The number of anilines is 2. The monoisotopic (exact) mass is 306 g/mol. The zero-order chi connectivity index (χ0) is 13.1. The van der Waals surface area contributed by atoms with Gasteiger partial charge < -0.3 is 15.5 Å². The van der Waals surface area contributed by atoms with Crippen LogP contribution in [0.5, 0.6) is 0 Å². The highest BCUT2D eigenvalue weighted by Gasteiger charge is 2.11. The molecule has 18 heavy (non-hydrogen) atoms. The van der Waals surface area contributed by atoms with Gasteiger partial charge >= 0.3 is 6.01 Å². The van der Waals surface area contributed by atoms with Crippen molar-refractivity contribution in [1.82, 2.24) is 10.2 Å². The molecule has 3 N–H and O–H groups in total. The molecule has 0 saturated heterocycles. The van der Waals surface area contributed by atoms with Gasteiger partial charge in [-0.05, 0) is 12.1 Å². The van der Waals surface area contributed by atoms with Gasteiger partial charge in [-0.2, -0.15) is 0 Å². The van der Waals surface area contributed by atoms with Gasteiger partial charge in [0.25, 0.3) is 0 Å². The van der Waals surface area contributed by atoms with Gasteiger partial charge in [-0.15, -0.1) is 5.10 Å². The first-order valence-corrected chi connectivity index (χ1v) is 6.17. The molecule has 2 rings (SSSR count). The van der Waals surface area contributed by atoms with Crippen LogP contribution in [0.2, 0.25) is 15.1 Å². The van der Waals surface area contributed by atoms with Gasteiger partial charge in [0, 0.05) is 18.0 Å². The van der Waals surface area contributed by atoms with Crippen LogP contribution in [0.1, 0.15) is 5.89 Å². The molecule has 2 aromatic rings. The molecule has 0 bridgehead atoms. The van der Waals surface area contributed by atoms with Crippen molar-refractivity contribution in [2.75, 3.05) is 11.9 Å². The van der Waals surface area contributed by atoms with Crippen LogP contribution in [0.15, 0.2) is 16.5 Å². The van der Waals surface area contributed by atoms with Crippen LogP contribution in [0.25, 0.3) is 0 Å². The molecule has 5 nitrogen and oxygen atoms in total. The molecule has 0 aliphatic carbocycles. The van der Waals surface area contributed by atoms with Gasteiger partial charge in [0.05, 0.1) is 15.7 Å². The highest BCUT2D eigenvalue weighted by molar-refractivity contribution is 6.41. The minimum atomic E-state index is 0.199. The SMILES string of the molecule is NCCc1nnc(Nc2c(Cl)cc(Cl)cc2Cl)o1. The molecular formula is C10H9Cl3N4O. The number of halogens is 3. The molecule has 0 fully saturated rings. The topological polar surface area (TPSA) is 77.0 Å². The quantitative estimate of drug-likeness (QED) is 0.906. The molecule has 0 radical (unpaired) electrons. The predicted octanol–water partition coefficient (Wildman–Crippen LogP) is 3.27. The summed E-state index contributed by atoms with van der Waals surface area (Å²) in [5.74, 6) is 0.446. The summed E-state index contributed by atoms with van der Waals surface area (Å²) in [6, 6.07) is 3.33. The van der Waals surface area contributed by atoms with E-state index in [0.29, 0.717) is 39.6 Å². The zero-order valence-corrected chi connectivity index (χ0v) is 11.4. The van der Waals surface area contributed by atoms with Gasteiger partial charge in [-0.3, -0.25) is 0 Å². The maximum atomic E-state index is 6.01. The van der Waals surface area contributed by atoms with Crippen LogP contribution >= 0.6 is 34.8 Å². The van der Waals surface area contributed by atoms with Crippen molar-refractivity contribution in [2.24, 2.45) is 5.73 Å². The molecule has 0 saturated carbocycles. The highest BCUT2D eigenvalue weighted by atomic mass is 35.5. The Hall–Kier alpha value is -1.01. The van der Waals surface area contributed by atoms with Crippen LogP contribution in [0.3, 0.4) is 0 Å². The van der Waals surface area contributed by atoms with E-state index >= 15 is 0 Å². The van der Waals surface area contributed by atoms with Crippen LogP contribution in [0.4, 0.5) is 11.7 Å². The molecule has 0 amide bonds. The van der Waals surface area contributed by atoms with Crippen molar-refractivity contribution in [3.63, 3.8) is 0 Å². The van der Waals surface area contributed by atoms with Gasteiger partial charge in [-0.1, -0.05) is 39.9 Å². The highest BCUT2D eigenvalue weighted by Crippen LogP contribution is 2.35. The van der Waals surface area contributed by atoms with Gasteiger partial charge in [0.15, 0.2) is 0 Å². The lowest BCUT2D eigenvalue weighted by Crippen LogP contribution is -2.02. The number of hydrogen-bond acceptors (Lipinski definition) is 5. The maximum absolute atomic E-state index is 6.01. The van der Waals surface area contributed by atoms with E-state index in [1.54, 1.807) is 12.1 Å². The molecule has 1 aromatic heterocycles. The minimum absolute atomic E-state index is 0.199. The lowest BCUT2D eigenvalue weighted by molar-refractivity contribution is 0.510. The van der Waals surface area contributed by atoms with Crippen molar-refractivity contribution in [3.05, 3.63) is 33.1 Å². The molecule has 0 aliphatic rings. The Bertz CT molecular complexity index is 535. The summed E-state index contributed by atoms with van der Waals surface area (Å²) in [4.78, 5) is 0. The van der Waals surface area contributed by atoms with E-state index < -0.39 is 0 Å². The molecule has 0 aliphatic heterocycles. The second kappa shape index (κ2) is 5.75. The summed E-state index contributed by atoms with van der Waals surface area (Å²) < 4.78 is 5.30. The normalized spacial score (nSPS) is 10.7. The maximum Gasteiger partial charge on any atom is 0.320 e. The Balaban J connectivity index is 2.22. The van der Waals surface area contributed by atoms with E-state index in [0.717, 1.165) is 0 Å². The first-order valence-electron chi connectivity index (χ1n) is 5.04. The predicted molar refractivity (Wildman–Crippen MR) is 71.8 cm³/mol. The average Bonchev–Trinajstić information content (AvgIpc) is 2.72. The summed E-state index contributed by atoms with van der Waals surface area (Å²) in [5.41, 5.74) is 5.85. The number of nitrogens with one attached hydrogen (secondary N) is 1. The Morgan fingerprint density at radius 1 is 1.17 bits per heavy atom. The number of aromatic nitrogens is 2. The molecular weight excluding hydrogens is 298 g/mol. The van der Waals surface area contributed by atoms with Gasteiger partial charge in [-0.25, -0.2) is 0 Å². The van der Waals surface area contributed by atoms with Crippen molar-refractivity contribution in [3.8, 4) is 0 Å².